The molecule has 0 bridgehead atoms. The van der Waals surface area contributed by atoms with Crippen molar-refractivity contribution < 1.29 is 14.1 Å². The van der Waals surface area contributed by atoms with Crippen LogP contribution in [0.2, 0.25) is 0 Å². The normalized spacial score (nSPS) is 10.2. The number of carbonyl (C=O) groups is 1. The quantitative estimate of drug-likeness (QED) is 0.626. The van der Waals surface area contributed by atoms with Crippen LogP contribution in [0.25, 0.3) is 0 Å². The molecule has 0 radical (unpaired) electrons. The molecular formula is C10H8FN5O3. The Hall–Kier alpha value is -2.84. The molecule has 0 spiro atoms. The van der Waals surface area contributed by atoms with Gasteiger partial charge in [-0.3, -0.25) is 20.0 Å². The summed E-state index contributed by atoms with van der Waals surface area (Å²) < 4.78 is 13.1. The molecule has 0 saturated carbocycles. The highest BCUT2D eigenvalue weighted by Crippen LogP contribution is 2.18. The van der Waals surface area contributed by atoms with E-state index in [2.05, 4.69) is 20.5 Å². The molecule has 9 heteroatoms. The van der Waals surface area contributed by atoms with Crippen molar-refractivity contribution in [1.82, 2.24) is 20.5 Å². The Bertz CT molecular complexity index is 614. The maximum atomic E-state index is 13.1. The summed E-state index contributed by atoms with van der Waals surface area (Å²) in [6.07, 6.45) is 1.28. The number of nitro groups is 1. The number of hydrogen-bond donors (Lipinski definition) is 2. The van der Waals surface area contributed by atoms with Gasteiger partial charge < -0.3 is 5.32 Å². The van der Waals surface area contributed by atoms with Gasteiger partial charge in [-0.1, -0.05) is 0 Å². The van der Waals surface area contributed by atoms with Crippen LogP contribution in [0.3, 0.4) is 0 Å². The van der Waals surface area contributed by atoms with Crippen LogP contribution in [0.4, 0.5) is 10.1 Å². The van der Waals surface area contributed by atoms with Gasteiger partial charge in [0.2, 0.25) is 5.82 Å². The summed E-state index contributed by atoms with van der Waals surface area (Å²) in [6.45, 7) is 0.0873. The smallest absolute Gasteiger partial charge is 0.305 e. The number of amides is 1. The zero-order valence-corrected chi connectivity index (χ0v) is 9.46. The molecule has 1 amide bonds. The first-order valence-electron chi connectivity index (χ1n) is 5.14. The fraction of sp³-hybridized carbons (Fsp3) is 0.100. The number of aromatic nitrogens is 3. The van der Waals surface area contributed by atoms with Crippen LogP contribution in [-0.2, 0) is 6.54 Å². The molecule has 0 aliphatic carbocycles. The minimum atomic E-state index is -0.989. The van der Waals surface area contributed by atoms with Crippen molar-refractivity contribution in [2.45, 2.75) is 6.54 Å². The first-order valence-corrected chi connectivity index (χ1v) is 5.14. The molecule has 0 atom stereocenters. The standard InChI is InChI=1S/C10H8FN5O3/c11-7-2-1-6(3-8(7)16(18)19)10(17)12-4-9-13-5-14-15-9/h1-3,5H,4H2,(H,12,17)(H,13,14,15). The summed E-state index contributed by atoms with van der Waals surface area (Å²) >= 11 is 0. The molecule has 0 saturated heterocycles. The van der Waals surface area contributed by atoms with Crippen LogP contribution in [0.1, 0.15) is 16.2 Å². The number of aromatic amines is 1. The SMILES string of the molecule is O=C(NCc1ncn[nH]1)c1ccc(F)c([N+](=O)[O-])c1. The van der Waals surface area contributed by atoms with E-state index in [0.29, 0.717) is 5.82 Å². The summed E-state index contributed by atoms with van der Waals surface area (Å²) in [4.78, 5) is 25.2. The van der Waals surface area contributed by atoms with E-state index in [1.54, 1.807) is 0 Å². The Kier molecular flexibility index (Phi) is 3.46. The Balaban J connectivity index is 2.11. The van der Waals surface area contributed by atoms with Crippen molar-refractivity contribution in [2.75, 3.05) is 0 Å². The van der Waals surface area contributed by atoms with Crippen molar-refractivity contribution in [1.29, 1.82) is 0 Å². The van der Waals surface area contributed by atoms with Gasteiger partial charge in [0, 0.05) is 11.6 Å². The van der Waals surface area contributed by atoms with E-state index in [9.17, 15) is 19.3 Å². The molecule has 0 fully saturated rings. The van der Waals surface area contributed by atoms with Gasteiger partial charge in [0.15, 0.2) is 0 Å². The van der Waals surface area contributed by atoms with Crippen LogP contribution in [0.5, 0.6) is 0 Å². The van der Waals surface area contributed by atoms with Gasteiger partial charge in [-0.2, -0.15) is 9.49 Å². The van der Waals surface area contributed by atoms with Crippen LogP contribution < -0.4 is 5.32 Å². The summed E-state index contributed by atoms with van der Waals surface area (Å²) in [7, 11) is 0. The van der Waals surface area contributed by atoms with Gasteiger partial charge in [-0.15, -0.1) is 0 Å². The molecule has 2 N–H and O–H groups in total. The fourth-order valence-electron chi connectivity index (χ4n) is 1.38. The molecule has 2 rings (SSSR count). The van der Waals surface area contributed by atoms with Gasteiger partial charge in [-0.05, 0) is 12.1 Å². The van der Waals surface area contributed by atoms with Crippen molar-refractivity contribution in [3.05, 3.63) is 51.8 Å². The zero-order valence-electron chi connectivity index (χ0n) is 9.46. The third-order valence-corrected chi connectivity index (χ3v) is 2.29. The molecule has 1 aromatic heterocycles. The topological polar surface area (TPSA) is 114 Å². The first kappa shape index (κ1) is 12.6. The lowest BCUT2D eigenvalue weighted by Crippen LogP contribution is -2.23. The lowest BCUT2D eigenvalue weighted by Gasteiger charge is -2.03. The van der Waals surface area contributed by atoms with Crippen molar-refractivity contribution in [2.24, 2.45) is 0 Å². The largest absolute Gasteiger partial charge is 0.345 e. The molecule has 19 heavy (non-hydrogen) atoms. The van der Waals surface area contributed by atoms with E-state index < -0.39 is 22.3 Å². The number of rotatable bonds is 4. The van der Waals surface area contributed by atoms with E-state index in [0.717, 1.165) is 18.2 Å². The minimum absolute atomic E-state index is 0.00684. The molecule has 0 aliphatic rings. The maximum Gasteiger partial charge on any atom is 0.305 e. The lowest BCUT2D eigenvalue weighted by molar-refractivity contribution is -0.387. The Morgan fingerprint density at radius 3 is 2.95 bits per heavy atom. The molecular weight excluding hydrogens is 257 g/mol. The summed E-state index contributed by atoms with van der Waals surface area (Å²) in [6, 6.07) is 2.92. The summed E-state index contributed by atoms with van der Waals surface area (Å²) in [5.74, 6) is -1.12. The van der Waals surface area contributed by atoms with E-state index in [-0.39, 0.29) is 12.1 Å². The zero-order chi connectivity index (χ0) is 13.8. The molecule has 2 aromatic rings. The van der Waals surface area contributed by atoms with Crippen LogP contribution in [-0.4, -0.2) is 26.0 Å². The van der Waals surface area contributed by atoms with E-state index in [1.807, 2.05) is 0 Å². The highest BCUT2D eigenvalue weighted by Gasteiger charge is 2.17. The van der Waals surface area contributed by atoms with E-state index >= 15 is 0 Å². The fourth-order valence-corrected chi connectivity index (χ4v) is 1.38. The molecule has 1 heterocycles. The van der Waals surface area contributed by atoms with Crippen molar-refractivity contribution in [3.63, 3.8) is 0 Å². The summed E-state index contributed by atoms with van der Waals surface area (Å²) in [5.41, 5.74) is -0.750. The molecule has 1 aromatic carbocycles. The van der Waals surface area contributed by atoms with Gasteiger partial charge in [0.25, 0.3) is 5.91 Å². The predicted molar refractivity (Wildman–Crippen MR) is 60.6 cm³/mol. The highest BCUT2D eigenvalue weighted by atomic mass is 19.1. The van der Waals surface area contributed by atoms with E-state index in [4.69, 9.17) is 0 Å². The molecule has 98 valence electrons. The average Bonchev–Trinajstić information content (AvgIpc) is 2.89. The second-order valence-corrected chi connectivity index (χ2v) is 3.54. The third kappa shape index (κ3) is 2.89. The molecule has 8 nitrogen and oxygen atoms in total. The number of hydrogen-bond acceptors (Lipinski definition) is 5. The third-order valence-electron chi connectivity index (χ3n) is 2.29. The minimum Gasteiger partial charge on any atom is -0.345 e. The molecule has 0 aliphatic heterocycles. The maximum absolute atomic E-state index is 13.1. The molecule has 0 unspecified atom stereocenters. The number of halogens is 1. The second-order valence-electron chi connectivity index (χ2n) is 3.54. The van der Waals surface area contributed by atoms with Crippen LogP contribution in [0, 0.1) is 15.9 Å². The Labute approximate surface area is 105 Å². The van der Waals surface area contributed by atoms with Gasteiger partial charge in [0.05, 0.1) is 11.5 Å². The summed E-state index contributed by atoms with van der Waals surface area (Å²) in [5, 5.41) is 19.2. The number of benzene rings is 1. The number of carbonyl (C=O) groups excluding carboxylic acids is 1. The number of nitro benzene ring substituents is 1. The van der Waals surface area contributed by atoms with Gasteiger partial charge in [-0.25, -0.2) is 4.98 Å². The Morgan fingerprint density at radius 2 is 2.32 bits per heavy atom. The average molecular weight is 265 g/mol. The van der Waals surface area contributed by atoms with Gasteiger partial charge in [0.1, 0.15) is 12.2 Å². The predicted octanol–water partition coefficient (Wildman–Crippen LogP) is 0.782. The second kappa shape index (κ2) is 5.21. The van der Waals surface area contributed by atoms with E-state index in [1.165, 1.54) is 6.33 Å². The number of nitrogens with zero attached hydrogens (tertiary/aromatic N) is 3. The van der Waals surface area contributed by atoms with Gasteiger partial charge >= 0.3 is 5.69 Å². The van der Waals surface area contributed by atoms with Crippen LogP contribution in [0.15, 0.2) is 24.5 Å². The van der Waals surface area contributed by atoms with Crippen molar-refractivity contribution >= 4 is 11.6 Å². The monoisotopic (exact) mass is 265 g/mol. The highest BCUT2D eigenvalue weighted by molar-refractivity contribution is 5.94. The number of H-pyrrole nitrogens is 1. The first-order chi connectivity index (χ1) is 9.08. The lowest BCUT2D eigenvalue weighted by atomic mass is 10.2. The van der Waals surface area contributed by atoms with Crippen LogP contribution >= 0.6 is 0 Å². The number of nitrogens with one attached hydrogen (secondary N) is 2. The van der Waals surface area contributed by atoms with Crippen molar-refractivity contribution in [3.8, 4) is 0 Å². The Morgan fingerprint density at radius 1 is 1.53 bits per heavy atom.